The molecule has 0 bridgehead atoms. The molecular weight excluding hydrogens is 572 g/mol. The van der Waals surface area contributed by atoms with Gasteiger partial charge in [-0.3, -0.25) is 8.98 Å². The minimum absolute atomic E-state index is 0.0138. The standard InChI is InChI=1S/C37H60O6S/c1-23(2)27(9)19-31(16-17-34-28(10)20-30(42-34)15-14-18-41-36(38)37(11,12)13)43-44(39,40)35-32(25(5)6)21-29(24(3)4)22-33(35)26(7)8/h21-22,24-27,30-31,34H,1,10,14-20H2,2-9,11-13H3/t27-,30+,31-,34+/m1/s1. The van der Waals surface area contributed by atoms with Gasteiger partial charge in [-0.15, -0.1) is 0 Å². The summed E-state index contributed by atoms with van der Waals surface area (Å²) in [6, 6.07) is 4.09. The van der Waals surface area contributed by atoms with Gasteiger partial charge >= 0.3 is 5.97 Å². The molecular formula is C37H60O6S. The van der Waals surface area contributed by atoms with Crippen LogP contribution in [0.25, 0.3) is 0 Å². The van der Waals surface area contributed by atoms with Crippen molar-refractivity contribution in [3.8, 4) is 0 Å². The summed E-state index contributed by atoms with van der Waals surface area (Å²) >= 11 is 0. The largest absolute Gasteiger partial charge is 0.465 e. The molecule has 1 aromatic carbocycles. The van der Waals surface area contributed by atoms with Crippen molar-refractivity contribution >= 4 is 16.1 Å². The lowest BCUT2D eigenvalue weighted by Crippen LogP contribution is -2.25. The second-order valence-corrected chi connectivity index (χ2v) is 16.4. The Kier molecular flexibility index (Phi) is 13.9. The number of allylic oxidation sites excluding steroid dienone is 1. The second kappa shape index (κ2) is 16.0. The predicted octanol–water partition coefficient (Wildman–Crippen LogP) is 9.60. The molecule has 6 nitrogen and oxygen atoms in total. The highest BCUT2D eigenvalue weighted by Gasteiger charge is 2.33. The van der Waals surface area contributed by atoms with Crippen LogP contribution in [0.4, 0.5) is 0 Å². The van der Waals surface area contributed by atoms with Crippen molar-refractivity contribution in [2.45, 2.75) is 156 Å². The van der Waals surface area contributed by atoms with Crippen LogP contribution in [-0.4, -0.2) is 39.3 Å². The van der Waals surface area contributed by atoms with Crippen LogP contribution in [0, 0.1) is 11.3 Å². The lowest BCUT2D eigenvalue weighted by atomic mass is 9.89. The van der Waals surface area contributed by atoms with Gasteiger partial charge in [-0.2, -0.15) is 8.42 Å². The maximum atomic E-state index is 14.2. The van der Waals surface area contributed by atoms with Crippen molar-refractivity contribution in [2.24, 2.45) is 11.3 Å². The van der Waals surface area contributed by atoms with Gasteiger partial charge in [-0.1, -0.05) is 79.3 Å². The molecule has 1 fully saturated rings. The summed E-state index contributed by atoms with van der Waals surface area (Å²) in [5.74, 6) is 0.236. The monoisotopic (exact) mass is 632 g/mol. The highest BCUT2D eigenvalue weighted by Crippen LogP contribution is 2.38. The Labute approximate surface area is 269 Å². The number of rotatable bonds is 16. The summed E-state index contributed by atoms with van der Waals surface area (Å²) in [6.07, 6.45) is 3.27. The summed E-state index contributed by atoms with van der Waals surface area (Å²) in [5.41, 5.74) is 4.27. The first-order chi connectivity index (χ1) is 20.2. The second-order valence-electron chi connectivity index (χ2n) is 14.9. The zero-order valence-corrected chi connectivity index (χ0v) is 30.2. The maximum absolute atomic E-state index is 14.2. The van der Waals surface area contributed by atoms with Crippen LogP contribution in [0.5, 0.6) is 0 Å². The van der Waals surface area contributed by atoms with E-state index in [9.17, 15) is 13.2 Å². The number of hydrogen-bond acceptors (Lipinski definition) is 6. The third-order valence-electron chi connectivity index (χ3n) is 8.62. The molecule has 0 radical (unpaired) electrons. The molecule has 1 saturated heterocycles. The Morgan fingerprint density at radius 1 is 1.00 bits per heavy atom. The fourth-order valence-corrected chi connectivity index (χ4v) is 7.27. The first kappa shape index (κ1) is 38.2. The van der Waals surface area contributed by atoms with E-state index in [1.165, 1.54) is 0 Å². The Bertz CT molecular complexity index is 1220. The minimum atomic E-state index is -4.06. The Hall–Kier alpha value is -1.96. The topological polar surface area (TPSA) is 78.9 Å². The van der Waals surface area contributed by atoms with Gasteiger partial charge in [0.05, 0.1) is 30.3 Å². The fourth-order valence-electron chi connectivity index (χ4n) is 5.48. The number of ether oxygens (including phenoxy) is 2. The van der Waals surface area contributed by atoms with Crippen molar-refractivity contribution in [1.29, 1.82) is 0 Å². The van der Waals surface area contributed by atoms with Gasteiger partial charge in [0.25, 0.3) is 10.1 Å². The van der Waals surface area contributed by atoms with Gasteiger partial charge in [0.1, 0.15) is 4.90 Å². The molecule has 1 aromatic rings. The van der Waals surface area contributed by atoms with Crippen LogP contribution in [0.15, 0.2) is 41.3 Å². The van der Waals surface area contributed by atoms with E-state index in [0.29, 0.717) is 30.8 Å². The molecule has 7 heteroatoms. The molecule has 0 aromatic heterocycles. The molecule has 0 amide bonds. The molecule has 1 aliphatic heterocycles. The number of carbonyl (C=O) groups is 1. The maximum Gasteiger partial charge on any atom is 0.311 e. The highest BCUT2D eigenvalue weighted by atomic mass is 32.2. The number of benzene rings is 1. The Balaban J connectivity index is 2.22. The third kappa shape index (κ3) is 10.8. The molecule has 44 heavy (non-hydrogen) atoms. The van der Waals surface area contributed by atoms with Crippen molar-refractivity contribution in [3.05, 3.63) is 53.1 Å². The van der Waals surface area contributed by atoms with Gasteiger partial charge in [-0.25, -0.2) is 0 Å². The van der Waals surface area contributed by atoms with E-state index in [1.54, 1.807) is 0 Å². The highest BCUT2D eigenvalue weighted by molar-refractivity contribution is 7.86. The molecule has 4 atom stereocenters. The van der Waals surface area contributed by atoms with E-state index in [-0.39, 0.29) is 41.8 Å². The van der Waals surface area contributed by atoms with Crippen LogP contribution in [0.1, 0.15) is 149 Å². The van der Waals surface area contributed by atoms with Crippen molar-refractivity contribution in [2.75, 3.05) is 6.61 Å². The van der Waals surface area contributed by atoms with Crippen molar-refractivity contribution in [3.63, 3.8) is 0 Å². The lowest BCUT2D eigenvalue weighted by molar-refractivity contribution is -0.153. The SMILES string of the molecule is C=C(C)[C@H](C)C[C@@H](CC[C@@H]1O[C@@H](CCCOC(=O)C(C)(C)C)CC1=C)OS(=O)(=O)c1c(C(C)C)cc(C(C)C)cc1C(C)C. The summed E-state index contributed by atoms with van der Waals surface area (Å²) < 4.78 is 46.3. The lowest BCUT2D eigenvalue weighted by Gasteiger charge is -2.26. The fraction of sp³-hybridized carbons (Fsp3) is 0.703. The van der Waals surface area contributed by atoms with Gasteiger partial charge < -0.3 is 9.47 Å². The molecule has 0 aliphatic carbocycles. The van der Waals surface area contributed by atoms with Crippen molar-refractivity contribution < 1.29 is 26.9 Å². The van der Waals surface area contributed by atoms with Gasteiger partial charge in [0.2, 0.25) is 0 Å². The quantitative estimate of drug-likeness (QED) is 0.0781. The van der Waals surface area contributed by atoms with E-state index in [4.69, 9.17) is 13.7 Å². The summed E-state index contributed by atoms with van der Waals surface area (Å²) in [7, 11) is -4.06. The predicted molar refractivity (Wildman–Crippen MR) is 181 cm³/mol. The van der Waals surface area contributed by atoms with Crippen LogP contribution in [-0.2, 0) is 28.6 Å². The van der Waals surface area contributed by atoms with E-state index < -0.39 is 21.6 Å². The smallest absolute Gasteiger partial charge is 0.311 e. The van der Waals surface area contributed by atoms with Crippen molar-refractivity contribution in [1.82, 2.24) is 0 Å². The first-order valence-corrected chi connectivity index (χ1v) is 17.9. The van der Waals surface area contributed by atoms with E-state index >= 15 is 0 Å². The van der Waals surface area contributed by atoms with Gasteiger partial charge in [-0.05, 0) is 112 Å². The van der Waals surface area contributed by atoms with E-state index in [1.807, 2.05) is 67.5 Å². The Morgan fingerprint density at radius 3 is 2.05 bits per heavy atom. The van der Waals surface area contributed by atoms with Crippen LogP contribution in [0.3, 0.4) is 0 Å². The zero-order valence-electron chi connectivity index (χ0n) is 29.4. The molecule has 0 N–H and O–H groups in total. The zero-order chi connectivity index (χ0) is 33.6. The van der Waals surface area contributed by atoms with Crippen LogP contribution < -0.4 is 0 Å². The van der Waals surface area contributed by atoms with E-state index in [2.05, 4.69) is 33.9 Å². The first-order valence-electron chi connectivity index (χ1n) is 16.5. The number of esters is 1. The summed E-state index contributed by atoms with van der Waals surface area (Å²) in [5, 5.41) is 0. The molecule has 0 spiro atoms. The van der Waals surface area contributed by atoms with Gasteiger partial charge in [0, 0.05) is 0 Å². The molecule has 1 heterocycles. The minimum Gasteiger partial charge on any atom is -0.465 e. The number of hydrogen-bond donors (Lipinski definition) is 0. The third-order valence-corrected chi connectivity index (χ3v) is 10.1. The van der Waals surface area contributed by atoms with Crippen LogP contribution in [0.2, 0.25) is 0 Å². The number of carbonyl (C=O) groups excluding carboxylic acids is 1. The molecule has 2 rings (SSSR count). The molecule has 250 valence electrons. The summed E-state index contributed by atoms with van der Waals surface area (Å²) in [6.45, 7) is 30.7. The summed E-state index contributed by atoms with van der Waals surface area (Å²) in [4.78, 5) is 12.4. The molecule has 0 unspecified atom stereocenters. The normalized spacial score (nSPS) is 19.2. The van der Waals surface area contributed by atoms with E-state index in [0.717, 1.165) is 47.1 Å². The van der Waals surface area contributed by atoms with Gasteiger partial charge in [0.15, 0.2) is 0 Å². The molecule has 1 aliphatic rings. The average Bonchev–Trinajstić information content (AvgIpc) is 3.26. The molecule has 0 saturated carbocycles. The Morgan fingerprint density at radius 2 is 1.57 bits per heavy atom. The van der Waals surface area contributed by atoms with Crippen LogP contribution >= 0.6 is 0 Å². The average molecular weight is 633 g/mol.